The zero-order chi connectivity index (χ0) is 18.4. The van der Waals surface area contributed by atoms with Gasteiger partial charge in [-0.1, -0.05) is 23.7 Å². The Morgan fingerprint density at radius 3 is 2.28 bits per heavy atom. The van der Waals surface area contributed by atoms with Crippen molar-refractivity contribution in [3.8, 4) is 0 Å². The first kappa shape index (κ1) is 17.8. The highest BCUT2D eigenvalue weighted by atomic mass is 35.5. The first-order valence-corrected chi connectivity index (χ1v) is 8.70. The van der Waals surface area contributed by atoms with Gasteiger partial charge in [0.15, 0.2) is 0 Å². The maximum Gasteiger partial charge on any atom is 0.411 e. The fourth-order valence-corrected chi connectivity index (χ4v) is 3.77. The Bertz CT molecular complexity index is 733. The molecule has 0 aromatic heterocycles. The Hall–Kier alpha value is -2.01. The molecule has 2 unspecified atom stereocenters. The molecule has 1 saturated heterocycles. The van der Waals surface area contributed by atoms with Crippen molar-refractivity contribution in [3.63, 3.8) is 0 Å². The second kappa shape index (κ2) is 6.37. The molecule has 25 heavy (non-hydrogen) atoms. The Balaban J connectivity index is 2.02. The molecule has 0 N–H and O–H groups in total. The lowest BCUT2D eigenvalue weighted by atomic mass is 9.87. The van der Waals surface area contributed by atoms with Gasteiger partial charge >= 0.3 is 12.1 Å². The van der Waals surface area contributed by atoms with Crippen molar-refractivity contribution in [1.29, 1.82) is 0 Å². The Morgan fingerprint density at radius 2 is 1.72 bits per heavy atom. The summed E-state index contributed by atoms with van der Waals surface area (Å²) < 4.78 is 10.5. The van der Waals surface area contributed by atoms with Crippen LogP contribution in [0.25, 0.3) is 5.57 Å². The van der Waals surface area contributed by atoms with Crippen molar-refractivity contribution in [2.45, 2.75) is 51.3 Å². The lowest BCUT2D eigenvalue weighted by Crippen LogP contribution is -2.41. The third-order valence-corrected chi connectivity index (χ3v) is 4.76. The zero-order valence-corrected chi connectivity index (χ0v) is 15.6. The molecule has 5 nitrogen and oxygen atoms in total. The van der Waals surface area contributed by atoms with E-state index in [1.165, 1.54) is 7.11 Å². The van der Waals surface area contributed by atoms with E-state index in [1.807, 2.05) is 32.9 Å². The number of amides is 1. The van der Waals surface area contributed by atoms with Crippen molar-refractivity contribution < 1.29 is 19.1 Å². The molecule has 0 aliphatic carbocycles. The van der Waals surface area contributed by atoms with E-state index in [2.05, 4.69) is 0 Å². The van der Waals surface area contributed by atoms with Crippen molar-refractivity contribution >= 4 is 29.2 Å². The molecule has 6 heteroatoms. The Morgan fingerprint density at radius 1 is 1.12 bits per heavy atom. The predicted octanol–water partition coefficient (Wildman–Crippen LogP) is 4.05. The molecule has 0 radical (unpaired) electrons. The third-order valence-electron chi connectivity index (χ3n) is 4.51. The molecule has 0 saturated carbocycles. The van der Waals surface area contributed by atoms with Gasteiger partial charge in [-0.3, -0.25) is 4.90 Å². The van der Waals surface area contributed by atoms with Crippen LogP contribution in [0.1, 0.15) is 39.2 Å². The molecule has 0 spiro atoms. The minimum Gasteiger partial charge on any atom is -0.466 e. The van der Waals surface area contributed by atoms with Crippen molar-refractivity contribution in [1.82, 2.24) is 4.90 Å². The van der Waals surface area contributed by atoms with E-state index in [0.717, 1.165) is 24.0 Å². The number of carbonyl (C=O) groups is 2. The Labute approximate surface area is 152 Å². The summed E-state index contributed by atoms with van der Waals surface area (Å²) in [6.45, 7) is 5.49. The first-order chi connectivity index (χ1) is 11.7. The van der Waals surface area contributed by atoms with E-state index in [1.54, 1.807) is 17.0 Å². The van der Waals surface area contributed by atoms with Gasteiger partial charge in [0.2, 0.25) is 0 Å². The van der Waals surface area contributed by atoms with E-state index < -0.39 is 17.7 Å². The number of esters is 1. The highest BCUT2D eigenvalue weighted by Crippen LogP contribution is 2.47. The maximum atomic E-state index is 12.7. The van der Waals surface area contributed by atoms with Crippen LogP contribution in [0.5, 0.6) is 0 Å². The SMILES string of the molecule is COC(=O)C1=C(c2ccc(Cl)cc2)C2CCC1N2C(=O)OC(C)(C)C. The summed E-state index contributed by atoms with van der Waals surface area (Å²) in [5.41, 5.74) is 1.67. The van der Waals surface area contributed by atoms with E-state index in [0.29, 0.717) is 10.6 Å². The monoisotopic (exact) mass is 363 g/mol. The summed E-state index contributed by atoms with van der Waals surface area (Å²) in [6.07, 6.45) is 1.12. The van der Waals surface area contributed by atoms with Gasteiger partial charge in [0.25, 0.3) is 0 Å². The van der Waals surface area contributed by atoms with Gasteiger partial charge < -0.3 is 9.47 Å². The third kappa shape index (κ3) is 3.25. The fraction of sp³-hybridized carbons (Fsp3) is 0.474. The second-order valence-corrected chi connectivity index (χ2v) is 7.76. The number of hydrogen-bond acceptors (Lipinski definition) is 4. The number of ether oxygens (including phenoxy) is 2. The number of hydrogen-bond donors (Lipinski definition) is 0. The minimum atomic E-state index is -0.592. The molecule has 2 bridgehead atoms. The molecule has 1 fully saturated rings. The number of methoxy groups -OCH3 is 1. The lowest BCUT2D eigenvalue weighted by Gasteiger charge is -2.28. The van der Waals surface area contributed by atoms with Gasteiger partial charge in [-0.2, -0.15) is 0 Å². The first-order valence-electron chi connectivity index (χ1n) is 8.32. The average molecular weight is 364 g/mol. The Kier molecular flexibility index (Phi) is 4.54. The van der Waals surface area contributed by atoms with E-state index in [9.17, 15) is 9.59 Å². The van der Waals surface area contributed by atoms with E-state index >= 15 is 0 Å². The summed E-state index contributed by atoms with van der Waals surface area (Å²) in [4.78, 5) is 26.8. The quantitative estimate of drug-likeness (QED) is 0.744. The molecule has 2 atom stereocenters. The number of carbonyl (C=O) groups excluding carboxylic acids is 2. The zero-order valence-electron chi connectivity index (χ0n) is 14.8. The number of rotatable bonds is 2. The highest BCUT2D eigenvalue weighted by molar-refractivity contribution is 6.30. The van der Waals surface area contributed by atoms with E-state index in [4.69, 9.17) is 21.1 Å². The fourth-order valence-electron chi connectivity index (χ4n) is 3.64. The van der Waals surface area contributed by atoms with Crippen LogP contribution in [0.4, 0.5) is 4.79 Å². The smallest absolute Gasteiger partial charge is 0.411 e. The molecule has 1 amide bonds. The van der Waals surface area contributed by atoms with Gasteiger partial charge in [-0.05, 0) is 56.9 Å². The van der Waals surface area contributed by atoms with Gasteiger partial charge in [-0.15, -0.1) is 0 Å². The summed E-state index contributed by atoms with van der Waals surface area (Å²) in [7, 11) is 1.36. The number of nitrogens with zero attached hydrogens (tertiary/aromatic N) is 1. The summed E-state index contributed by atoms with van der Waals surface area (Å²) >= 11 is 5.98. The maximum absolute atomic E-state index is 12.7. The van der Waals surface area contributed by atoms with Crippen molar-refractivity contribution in [2.75, 3.05) is 7.11 Å². The average Bonchev–Trinajstić information content (AvgIpc) is 3.09. The standard InChI is InChI=1S/C19H22ClNO4/c1-19(2,3)25-18(23)21-13-9-10-14(21)16(17(22)24-4)15(13)11-5-7-12(20)8-6-11/h5-8,13-14H,9-10H2,1-4H3. The van der Waals surface area contributed by atoms with Crippen LogP contribution in [0.3, 0.4) is 0 Å². The molecule has 3 rings (SSSR count). The van der Waals surface area contributed by atoms with Crippen LogP contribution in [0, 0.1) is 0 Å². The highest BCUT2D eigenvalue weighted by Gasteiger charge is 2.52. The normalized spacial score (nSPS) is 22.4. The molecule has 2 heterocycles. The van der Waals surface area contributed by atoms with Crippen LogP contribution >= 0.6 is 11.6 Å². The predicted molar refractivity (Wildman–Crippen MR) is 95.3 cm³/mol. The molecule has 1 aromatic rings. The van der Waals surface area contributed by atoms with Gasteiger partial charge in [0.05, 0.1) is 24.8 Å². The summed E-state index contributed by atoms with van der Waals surface area (Å²) in [5, 5.41) is 0.621. The van der Waals surface area contributed by atoms with Gasteiger partial charge in [0, 0.05) is 5.02 Å². The molecule has 2 aliphatic rings. The second-order valence-electron chi connectivity index (χ2n) is 7.32. The van der Waals surface area contributed by atoms with Crippen molar-refractivity contribution in [2.24, 2.45) is 0 Å². The number of fused-ring (bicyclic) bond motifs is 2. The summed E-state index contributed by atoms with van der Waals surface area (Å²) in [5.74, 6) is -0.397. The van der Waals surface area contributed by atoms with Crippen molar-refractivity contribution in [3.05, 3.63) is 40.4 Å². The molecule has 1 aromatic carbocycles. The lowest BCUT2D eigenvalue weighted by molar-refractivity contribution is -0.136. The molecule has 2 aliphatic heterocycles. The van der Waals surface area contributed by atoms with Crippen LogP contribution < -0.4 is 0 Å². The van der Waals surface area contributed by atoms with Gasteiger partial charge in [-0.25, -0.2) is 9.59 Å². The molecule has 134 valence electrons. The van der Waals surface area contributed by atoms with E-state index in [-0.39, 0.29) is 12.1 Å². The molecular formula is C19H22ClNO4. The van der Waals surface area contributed by atoms with Crippen LogP contribution in [-0.4, -0.2) is 41.8 Å². The summed E-state index contributed by atoms with van der Waals surface area (Å²) in [6, 6.07) is 6.81. The molecular weight excluding hydrogens is 342 g/mol. The van der Waals surface area contributed by atoms with Gasteiger partial charge in [0.1, 0.15) is 5.60 Å². The topological polar surface area (TPSA) is 55.8 Å². The minimum absolute atomic E-state index is 0.185. The number of benzene rings is 1. The van der Waals surface area contributed by atoms with Crippen LogP contribution in [0.15, 0.2) is 29.8 Å². The van der Waals surface area contributed by atoms with Crippen LogP contribution in [0.2, 0.25) is 5.02 Å². The largest absolute Gasteiger partial charge is 0.466 e. The number of halogens is 1. The van der Waals surface area contributed by atoms with Crippen LogP contribution in [-0.2, 0) is 14.3 Å².